The molecule has 0 saturated heterocycles. The van der Waals surface area contributed by atoms with Gasteiger partial charge in [-0.15, -0.1) is 0 Å². The molecular formula is C18H29FO2. The van der Waals surface area contributed by atoms with Gasteiger partial charge in [-0.25, -0.2) is 4.39 Å². The zero-order valence-corrected chi connectivity index (χ0v) is 13.2. The smallest absolute Gasteiger partial charge is 0.168 e. The van der Waals surface area contributed by atoms with Gasteiger partial charge >= 0.3 is 0 Å². The Labute approximate surface area is 128 Å². The van der Waals surface area contributed by atoms with Crippen molar-refractivity contribution < 1.29 is 14.2 Å². The number of phenols is 1. The van der Waals surface area contributed by atoms with Crippen molar-refractivity contribution in [2.24, 2.45) is 0 Å². The van der Waals surface area contributed by atoms with Crippen LogP contribution in [0.5, 0.6) is 11.5 Å². The van der Waals surface area contributed by atoms with Gasteiger partial charge in [0.15, 0.2) is 11.6 Å². The van der Waals surface area contributed by atoms with E-state index < -0.39 is 5.82 Å². The van der Waals surface area contributed by atoms with Crippen LogP contribution in [0, 0.1) is 5.82 Å². The highest BCUT2D eigenvalue weighted by atomic mass is 19.1. The molecular weight excluding hydrogens is 267 g/mol. The van der Waals surface area contributed by atoms with Gasteiger partial charge in [0.05, 0.1) is 6.61 Å². The van der Waals surface area contributed by atoms with Crippen LogP contribution in [-0.4, -0.2) is 11.7 Å². The highest BCUT2D eigenvalue weighted by Gasteiger charge is 2.02. The molecule has 1 aromatic carbocycles. The Morgan fingerprint density at radius 3 is 2.05 bits per heavy atom. The van der Waals surface area contributed by atoms with E-state index in [9.17, 15) is 4.39 Å². The number of ether oxygens (including phenoxy) is 1. The molecule has 0 aliphatic rings. The first-order chi connectivity index (χ1) is 10.2. The lowest BCUT2D eigenvalue weighted by molar-refractivity contribution is 0.301. The number of unbranched alkanes of at least 4 members (excludes halogenated alkanes) is 9. The van der Waals surface area contributed by atoms with Gasteiger partial charge in [0, 0.05) is 6.07 Å². The third-order valence-electron chi connectivity index (χ3n) is 3.69. The normalized spacial score (nSPS) is 10.8. The fourth-order valence-electron chi connectivity index (χ4n) is 2.36. The van der Waals surface area contributed by atoms with Crippen molar-refractivity contribution in [2.75, 3.05) is 6.61 Å². The molecule has 1 N–H and O–H groups in total. The highest BCUT2D eigenvalue weighted by molar-refractivity contribution is 5.31. The first kappa shape index (κ1) is 17.8. The van der Waals surface area contributed by atoms with Crippen molar-refractivity contribution in [2.45, 2.75) is 71.1 Å². The Balaban J connectivity index is 1.91. The van der Waals surface area contributed by atoms with Gasteiger partial charge in [0.1, 0.15) is 5.75 Å². The van der Waals surface area contributed by atoms with Crippen molar-refractivity contribution in [3.05, 3.63) is 24.0 Å². The fourth-order valence-corrected chi connectivity index (χ4v) is 2.36. The quantitative estimate of drug-likeness (QED) is 0.492. The molecule has 0 fully saturated rings. The van der Waals surface area contributed by atoms with Crippen molar-refractivity contribution in [1.82, 2.24) is 0 Å². The summed E-state index contributed by atoms with van der Waals surface area (Å²) in [5.41, 5.74) is 0. The van der Waals surface area contributed by atoms with Crippen LogP contribution in [0.3, 0.4) is 0 Å². The zero-order chi connectivity index (χ0) is 15.3. The average Bonchev–Trinajstić information content (AvgIpc) is 2.48. The molecule has 1 aromatic rings. The van der Waals surface area contributed by atoms with Gasteiger partial charge in [-0.2, -0.15) is 0 Å². The summed E-state index contributed by atoms with van der Waals surface area (Å²) in [6, 6.07) is 4.14. The maximum Gasteiger partial charge on any atom is 0.168 e. The summed E-state index contributed by atoms with van der Waals surface area (Å²) in [6.07, 6.45) is 12.9. The molecule has 0 unspecified atom stereocenters. The Morgan fingerprint density at radius 1 is 0.905 bits per heavy atom. The predicted octanol–water partition coefficient (Wildman–Crippen LogP) is 5.83. The summed E-state index contributed by atoms with van der Waals surface area (Å²) in [7, 11) is 0. The molecule has 0 spiro atoms. The highest BCUT2D eigenvalue weighted by Crippen LogP contribution is 2.21. The minimum Gasteiger partial charge on any atom is -0.505 e. The van der Waals surface area contributed by atoms with E-state index >= 15 is 0 Å². The number of hydrogen-bond acceptors (Lipinski definition) is 2. The van der Waals surface area contributed by atoms with E-state index in [-0.39, 0.29) is 5.75 Å². The number of rotatable bonds is 12. The van der Waals surface area contributed by atoms with Gasteiger partial charge in [0.25, 0.3) is 0 Å². The minimum absolute atomic E-state index is 0.332. The topological polar surface area (TPSA) is 29.5 Å². The van der Waals surface area contributed by atoms with E-state index in [2.05, 4.69) is 6.92 Å². The molecule has 21 heavy (non-hydrogen) atoms. The van der Waals surface area contributed by atoms with Crippen molar-refractivity contribution in [1.29, 1.82) is 0 Å². The maximum absolute atomic E-state index is 13.1. The number of hydrogen-bond donors (Lipinski definition) is 1. The molecule has 0 amide bonds. The van der Waals surface area contributed by atoms with Crippen molar-refractivity contribution in [3.8, 4) is 11.5 Å². The molecule has 0 aliphatic heterocycles. The molecule has 0 aromatic heterocycles. The molecule has 0 aliphatic carbocycles. The lowest BCUT2D eigenvalue weighted by Gasteiger charge is -2.06. The minimum atomic E-state index is -0.629. The van der Waals surface area contributed by atoms with E-state index in [0.29, 0.717) is 12.4 Å². The van der Waals surface area contributed by atoms with Gasteiger partial charge in [-0.1, -0.05) is 64.7 Å². The van der Waals surface area contributed by atoms with E-state index in [1.165, 1.54) is 63.5 Å². The zero-order valence-electron chi connectivity index (χ0n) is 13.2. The van der Waals surface area contributed by atoms with Crippen LogP contribution < -0.4 is 4.74 Å². The molecule has 120 valence electrons. The lowest BCUT2D eigenvalue weighted by atomic mass is 10.1. The second-order valence-electron chi connectivity index (χ2n) is 5.64. The number of halogens is 1. The summed E-state index contributed by atoms with van der Waals surface area (Å²) >= 11 is 0. The predicted molar refractivity (Wildman–Crippen MR) is 85.4 cm³/mol. The third kappa shape index (κ3) is 8.59. The van der Waals surface area contributed by atoms with E-state index in [0.717, 1.165) is 12.8 Å². The summed E-state index contributed by atoms with van der Waals surface area (Å²) < 4.78 is 18.5. The molecule has 1 rings (SSSR count). The molecule has 0 atom stereocenters. The lowest BCUT2D eigenvalue weighted by Crippen LogP contribution is -1.97. The molecule has 0 heterocycles. The third-order valence-corrected chi connectivity index (χ3v) is 3.69. The maximum atomic E-state index is 13.1. The molecule has 0 bridgehead atoms. The number of aromatic hydroxyl groups is 1. The first-order valence-electron chi connectivity index (χ1n) is 8.35. The van der Waals surface area contributed by atoms with E-state index in [1.807, 2.05) is 0 Å². The molecule has 3 heteroatoms. The van der Waals surface area contributed by atoms with Gasteiger partial charge in [-0.05, 0) is 18.6 Å². The standard InChI is InChI=1S/C18H29FO2/c1-2-3-4-5-6-7-8-9-10-11-14-21-16-12-13-18(20)17(19)15-16/h12-13,15,20H,2-11,14H2,1H3. The van der Waals surface area contributed by atoms with Crippen LogP contribution in [0.2, 0.25) is 0 Å². The first-order valence-corrected chi connectivity index (χ1v) is 8.35. The summed E-state index contributed by atoms with van der Waals surface area (Å²) in [5, 5.41) is 9.07. The average molecular weight is 296 g/mol. The SMILES string of the molecule is CCCCCCCCCCCCOc1ccc(O)c(F)c1. The van der Waals surface area contributed by atoms with Crippen LogP contribution in [-0.2, 0) is 0 Å². The summed E-state index contributed by atoms with van der Waals surface area (Å²) in [6.45, 7) is 2.86. The summed E-state index contributed by atoms with van der Waals surface area (Å²) in [5.74, 6) is -0.474. The van der Waals surface area contributed by atoms with Crippen LogP contribution in [0.1, 0.15) is 71.1 Å². The van der Waals surface area contributed by atoms with E-state index in [1.54, 1.807) is 6.07 Å². The van der Waals surface area contributed by atoms with Gasteiger partial charge < -0.3 is 9.84 Å². The fraction of sp³-hybridized carbons (Fsp3) is 0.667. The van der Waals surface area contributed by atoms with Crippen LogP contribution in [0.25, 0.3) is 0 Å². The van der Waals surface area contributed by atoms with Gasteiger partial charge in [-0.3, -0.25) is 0 Å². The molecule has 0 radical (unpaired) electrons. The molecule has 2 nitrogen and oxygen atoms in total. The second-order valence-corrected chi connectivity index (χ2v) is 5.64. The Morgan fingerprint density at radius 2 is 1.48 bits per heavy atom. The number of benzene rings is 1. The van der Waals surface area contributed by atoms with Crippen LogP contribution >= 0.6 is 0 Å². The van der Waals surface area contributed by atoms with Crippen molar-refractivity contribution in [3.63, 3.8) is 0 Å². The Kier molecular flexibility index (Phi) is 9.68. The van der Waals surface area contributed by atoms with Gasteiger partial charge in [0.2, 0.25) is 0 Å². The molecule has 0 saturated carbocycles. The van der Waals surface area contributed by atoms with Crippen LogP contribution in [0.15, 0.2) is 18.2 Å². The Hall–Kier alpha value is -1.25. The van der Waals surface area contributed by atoms with E-state index in [4.69, 9.17) is 9.84 Å². The summed E-state index contributed by atoms with van der Waals surface area (Å²) in [4.78, 5) is 0. The van der Waals surface area contributed by atoms with Crippen molar-refractivity contribution >= 4 is 0 Å². The van der Waals surface area contributed by atoms with Crippen LogP contribution in [0.4, 0.5) is 4.39 Å². The monoisotopic (exact) mass is 296 g/mol. The largest absolute Gasteiger partial charge is 0.505 e. The Bertz CT molecular complexity index is 379. The second kappa shape index (κ2) is 11.4. The number of phenolic OH excluding ortho intramolecular Hbond substituents is 1.